The van der Waals surface area contributed by atoms with Gasteiger partial charge in [-0.1, -0.05) is 57.5 Å². The Morgan fingerprint density at radius 2 is 1.44 bits per heavy atom. The van der Waals surface area contributed by atoms with E-state index in [4.69, 9.17) is 0 Å². The normalized spacial score (nSPS) is 10.2. The van der Waals surface area contributed by atoms with E-state index >= 15 is 0 Å². The standard InChI is InChI=1S/C11H16O2S.2C2H6/c1-10(2)8-9-14(12,13)11-6-4-3-5-7-11;2*1-2/h3-8,12-13H,9H2,1-2H3;2*1-2H3. The topological polar surface area (TPSA) is 40.5 Å². The van der Waals surface area contributed by atoms with Crippen LogP contribution >= 0.6 is 10.6 Å². The molecule has 0 spiro atoms. The molecule has 106 valence electrons. The zero-order chi connectivity index (χ0) is 14.6. The van der Waals surface area contributed by atoms with E-state index in [2.05, 4.69) is 0 Å². The molecule has 1 aromatic carbocycles. The van der Waals surface area contributed by atoms with E-state index in [-0.39, 0.29) is 0 Å². The van der Waals surface area contributed by atoms with E-state index < -0.39 is 10.6 Å². The number of hydrogen-bond acceptors (Lipinski definition) is 2. The van der Waals surface area contributed by atoms with Crippen molar-refractivity contribution in [3.8, 4) is 0 Å². The van der Waals surface area contributed by atoms with E-state index in [1.165, 1.54) is 0 Å². The van der Waals surface area contributed by atoms with Crippen LogP contribution in [0.5, 0.6) is 0 Å². The maximum atomic E-state index is 9.83. The van der Waals surface area contributed by atoms with Crippen molar-refractivity contribution in [1.29, 1.82) is 0 Å². The second-order valence-electron chi connectivity index (χ2n) is 3.43. The Hall–Kier alpha value is -0.770. The number of hydrogen-bond donors (Lipinski definition) is 2. The fourth-order valence-electron chi connectivity index (χ4n) is 1.02. The summed E-state index contributed by atoms with van der Waals surface area (Å²) in [5.74, 6) is 0.305. The van der Waals surface area contributed by atoms with Crippen molar-refractivity contribution in [2.75, 3.05) is 5.75 Å². The fourth-order valence-corrected chi connectivity index (χ4v) is 2.37. The van der Waals surface area contributed by atoms with Gasteiger partial charge < -0.3 is 0 Å². The molecule has 0 amide bonds. The zero-order valence-electron chi connectivity index (χ0n) is 12.5. The summed E-state index contributed by atoms with van der Waals surface area (Å²) < 4.78 is 19.7. The summed E-state index contributed by atoms with van der Waals surface area (Å²) in [6.45, 7) is 11.9. The summed E-state index contributed by atoms with van der Waals surface area (Å²) in [6, 6.07) is 8.97. The van der Waals surface area contributed by atoms with Crippen molar-refractivity contribution in [1.82, 2.24) is 0 Å². The maximum Gasteiger partial charge on any atom is 0.0607 e. The van der Waals surface area contributed by atoms with Crippen molar-refractivity contribution in [2.45, 2.75) is 46.4 Å². The molecule has 1 aromatic rings. The monoisotopic (exact) mass is 272 g/mol. The average Bonchev–Trinajstić information content (AvgIpc) is 2.42. The van der Waals surface area contributed by atoms with Crippen LogP contribution in [0.2, 0.25) is 0 Å². The third-order valence-corrected chi connectivity index (χ3v) is 3.50. The summed E-state index contributed by atoms with van der Waals surface area (Å²) in [5.41, 5.74) is 1.10. The van der Waals surface area contributed by atoms with Crippen LogP contribution in [0, 0.1) is 0 Å². The number of benzene rings is 1. The first kappa shape index (κ1) is 19.6. The molecule has 3 heteroatoms. The number of allylic oxidation sites excluding steroid dienone is 1. The molecule has 18 heavy (non-hydrogen) atoms. The van der Waals surface area contributed by atoms with Crippen LogP contribution in [0.15, 0.2) is 46.9 Å². The highest BCUT2D eigenvalue weighted by Crippen LogP contribution is 2.47. The van der Waals surface area contributed by atoms with Crippen LogP contribution in [0.4, 0.5) is 0 Å². The van der Waals surface area contributed by atoms with E-state index in [0.29, 0.717) is 10.6 Å². The summed E-state index contributed by atoms with van der Waals surface area (Å²) in [4.78, 5) is 0.609. The van der Waals surface area contributed by atoms with Gasteiger partial charge in [0.05, 0.1) is 10.6 Å². The highest BCUT2D eigenvalue weighted by Gasteiger charge is 2.12. The molecule has 0 aliphatic rings. The lowest BCUT2D eigenvalue weighted by Crippen LogP contribution is -2.01. The third-order valence-electron chi connectivity index (χ3n) is 1.84. The molecule has 0 fully saturated rings. The second-order valence-corrected chi connectivity index (χ2v) is 5.57. The van der Waals surface area contributed by atoms with Gasteiger partial charge in [0.1, 0.15) is 0 Å². The predicted octanol–water partition coefficient (Wildman–Crippen LogP) is 5.81. The predicted molar refractivity (Wildman–Crippen MR) is 84.6 cm³/mol. The Balaban J connectivity index is 0. The first-order valence-corrected chi connectivity index (χ1v) is 8.18. The van der Waals surface area contributed by atoms with Gasteiger partial charge in [-0.25, -0.2) is 0 Å². The lowest BCUT2D eigenvalue weighted by molar-refractivity contribution is 0.491. The Bertz CT molecular complexity index is 315. The molecule has 1 rings (SSSR count). The molecule has 0 atom stereocenters. The SMILES string of the molecule is CC.CC.CC(C)=CCS(O)(O)c1ccccc1. The van der Waals surface area contributed by atoms with Gasteiger partial charge in [0, 0.05) is 0 Å². The van der Waals surface area contributed by atoms with Crippen LogP contribution in [-0.4, -0.2) is 14.9 Å². The van der Waals surface area contributed by atoms with Gasteiger partial charge in [-0.15, -0.1) is 0 Å². The summed E-state index contributed by atoms with van der Waals surface area (Å²) in [5, 5.41) is 0. The van der Waals surface area contributed by atoms with Crippen molar-refractivity contribution >= 4 is 10.6 Å². The van der Waals surface area contributed by atoms with Gasteiger partial charge in [-0.2, -0.15) is 10.6 Å². The highest BCUT2D eigenvalue weighted by atomic mass is 32.3. The minimum atomic E-state index is -2.63. The maximum absolute atomic E-state index is 9.83. The minimum absolute atomic E-state index is 0.305. The van der Waals surface area contributed by atoms with Crippen LogP contribution in [0.3, 0.4) is 0 Å². The molecule has 0 unspecified atom stereocenters. The van der Waals surface area contributed by atoms with Crippen LogP contribution in [-0.2, 0) is 0 Å². The average molecular weight is 272 g/mol. The van der Waals surface area contributed by atoms with Crippen molar-refractivity contribution in [2.24, 2.45) is 0 Å². The lowest BCUT2D eigenvalue weighted by atomic mass is 10.3. The smallest absolute Gasteiger partial charge is 0.0607 e. The van der Waals surface area contributed by atoms with Crippen molar-refractivity contribution in [3.63, 3.8) is 0 Å². The fraction of sp³-hybridized carbons (Fsp3) is 0.467. The Morgan fingerprint density at radius 3 is 1.83 bits per heavy atom. The van der Waals surface area contributed by atoms with Crippen LogP contribution in [0.1, 0.15) is 41.5 Å². The molecule has 0 saturated carbocycles. The summed E-state index contributed by atoms with van der Waals surface area (Å²) in [7, 11) is -2.63. The molecular formula is C15H28O2S. The molecule has 2 nitrogen and oxygen atoms in total. The molecule has 0 radical (unpaired) electrons. The first-order chi connectivity index (χ1) is 8.52. The van der Waals surface area contributed by atoms with E-state index in [9.17, 15) is 9.11 Å². The summed E-state index contributed by atoms with van der Waals surface area (Å²) >= 11 is 0. The first-order valence-electron chi connectivity index (χ1n) is 6.47. The molecule has 0 aliphatic heterocycles. The summed E-state index contributed by atoms with van der Waals surface area (Å²) in [6.07, 6.45) is 1.85. The zero-order valence-corrected chi connectivity index (χ0v) is 13.3. The molecule has 2 N–H and O–H groups in total. The van der Waals surface area contributed by atoms with Gasteiger partial charge >= 0.3 is 0 Å². The third kappa shape index (κ3) is 8.34. The van der Waals surface area contributed by atoms with Crippen molar-refractivity contribution < 1.29 is 9.11 Å². The molecule has 0 saturated heterocycles. The quantitative estimate of drug-likeness (QED) is 0.681. The second kappa shape index (κ2) is 11.3. The van der Waals surface area contributed by atoms with E-state index in [1.54, 1.807) is 12.1 Å². The van der Waals surface area contributed by atoms with Gasteiger partial charge in [-0.05, 0) is 26.0 Å². The highest BCUT2D eigenvalue weighted by molar-refractivity contribution is 8.24. The molecular weight excluding hydrogens is 244 g/mol. The van der Waals surface area contributed by atoms with Crippen LogP contribution < -0.4 is 0 Å². The van der Waals surface area contributed by atoms with Crippen LogP contribution in [0.25, 0.3) is 0 Å². The molecule has 0 bridgehead atoms. The lowest BCUT2D eigenvalue weighted by Gasteiger charge is -2.31. The Labute approximate surface area is 114 Å². The Kier molecular flexibility index (Phi) is 12.3. The van der Waals surface area contributed by atoms with E-state index in [0.717, 1.165) is 5.57 Å². The van der Waals surface area contributed by atoms with Gasteiger partial charge in [0.2, 0.25) is 0 Å². The number of rotatable bonds is 3. The molecule has 0 aromatic heterocycles. The van der Waals surface area contributed by atoms with E-state index in [1.807, 2.05) is 65.8 Å². The van der Waals surface area contributed by atoms with Gasteiger partial charge in [0.15, 0.2) is 0 Å². The van der Waals surface area contributed by atoms with Gasteiger partial charge in [-0.3, -0.25) is 9.11 Å². The molecule has 0 heterocycles. The van der Waals surface area contributed by atoms with Gasteiger partial charge in [0.25, 0.3) is 0 Å². The Morgan fingerprint density at radius 1 is 1.00 bits per heavy atom. The minimum Gasteiger partial charge on any atom is -0.295 e. The largest absolute Gasteiger partial charge is 0.295 e. The molecule has 0 aliphatic carbocycles. The van der Waals surface area contributed by atoms with Crippen molar-refractivity contribution in [3.05, 3.63) is 42.0 Å².